The van der Waals surface area contributed by atoms with Crippen molar-refractivity contribution in [1.82, 2.24) is 15.0 Å². The van der Waals surface area contributed by atoms with Crippen molar-refractivity contribution in [1.29, 1.82) is 0 Å². The highest BCUT2D eigenvalue weighted by atomic mass is 19.1. The van der Waals surface area contributed by atoms with Crippen LogP contribution in [0.1, 0.15) is 27.8 Å². The number of para-hydroxylation sites is 1. The third-order valence-electron chi connectivity index (χ3n) is 4.95. The van der Waals surface area contributed by atoms with Crippen LogP contribution in [0.3, 0.4) is 0 Å². The van der Waals surface area contributed by atoms with Crippen molar-refractivity contribution in [3.8, 4) is 11.3 Å². The van der Waals surface area contributed by atoms with E-state index in [0.29, 0.717) is 11.3 Å². The molecule has 0 fully saturated rings. The lowest BCUT2D eigenvalue weighted by atomic mass is 9.94. The molecule has 0 aliphatic rings. The van der Waals surface area contributed by atoms with Gasteiger partial charge in [0.05, 0.1) is 5.69 Å². The third-order valence-corrected chi connectivity index (χ3v) is 4.95. The highest BCUT2D eigenvalue weighted by Crippen LogP contribution is 2.33. The Labute approximate surface area is 173 Å². The lowest BCUT2D eigenvalue weighted by Crippen LogP contribution is -2.24. The number of carbonyl (C=O) groups is 1. The summed E-state index contributed by atoms with van der Waals surface area (Å²) in [5.41, 5.74) is 9.77. The number of fused-ring (bicyclic) bond motifs is 1. The zero-order chi connectivity index (χ0) is 21.3. The van der Waals surface area contributed by atoms with Gasteiger partial charge in [-0.2, -0.15) is 0 Å². The van der Waals surface area contributed by atoms with Crippen LogP contribution in [0.4, 0.5) is 4.39 Å². The number of hydrogen-bond donors (Lipinski definition) is 1. The van der Waals surface area contributed by atoms with Crippen LogP contribution < -0.4 is 5.73 Å². The summed E-state index contributed by atoms with van der Waals surface area (Å²) in [4.78, 5) is 17.8. The van der Waals surface area contributed by atoms with Crippen LogP contribution in [-0.4, -0.2) is 35.0 Å². The molecule has 0 bridgehead atoms. The van der Waals surface area contributed by atoms with E-state index in [0.717, 1.165) is 16.5 Å². The molecule has 4 aromatic rings. The summed E-state index contributed by atoms with van der Waals surface area (Å²) < 4.78 is 19.9. The van der Waals surface area contributed by atoms with E-state index in [1.165, 1.54) is 17.0 Å². The van der Waals surface area contributed by atoms with E-state index in [9.17, 15) is 9.18 Å². The molecule has 0 aliphatic heterocycles. The van der Waals surface area contributed by atoms with E-state index in [2.05, 4.69) is 10.1 Å². The van der Waals surface area contributed by atoms with E-state index < -0.39 is 11.9 Å². The Hall–Kier alpha value is -3.58. The minimum atomic E-state index is -0.552. The second-order valence-electron chi connectivity index (χ2n) is 7.25. The lowest BCUT2D eigenvalue weighted by molar-refractivity contribution is 0.0821. The molecule has 6 nitrogen and oxygen atoms in total. The third kappa shape index (κ3) is 3.67. The molecule has 1 amide bonds. The van der Waals surface area contributed by atoms with Gasteiger partial charge in [-0.3, -0.25) is 4.79 Å². The van der Waals surface area contributed by atoms with Crippen LogP contribution in [0.5, 0.6) is 0 Å². The molecule has 0 saturated carbocycles. The number of nitrogens with two attached hydrogens (primary N) is 1. The maximum atomic E-state index is 14.4. The number of hydrogen-bond acceptors (Lipinski definition) is 5. The van der Waals surface area contributed by atoms with Gasteiger partial charge >= 0.3 is 0 Å². The Balaban J connectivity index is 1.70. The van der Waals surface area contributed by atoms with Crippen molar-refractivity contribution in [3.63, 3.8) is 0 Å². The Bertz CT molecular complexity index is 1220. The summed E-state index contributed by atoms with van der Waals surface area (Å²) in [5.74, 6) is -0.788. The predicted molar refractivity (Wildman–Crippen MR) is 112 cm³/mol. The topological polar surface area (TPSA) is 85.2 Å². The van der Waals surface area contributed by atoms with Gasteiger partial charge in [-0.25, -0.2) is 9.37 Å². The monoisotopic (exact) mass is 404 g/mol. The van der Waals surface area contributed by atoms with Gasteiger partial charge < -0.3 is 15.2 Å². The molecular weight excluding hydrogens is 383 g/mol. The van der Waals surface area contributed by atoms with Gasteiger partial charge in [0.25, 0.3) is 5.91 Å². The van der Waals surface area contributed by atoms with Gasteiger partial charge in [0.1, 0.15) is 17.2 Å². The first-order valence-corrected chi connectivity index (χ1v) is 9.52. The van der Waals surface area contributed by atoms with Gasteiger partial charge in [-0.05, 0) is 29.8 Å². The molecule has 1 atom stereocenters. The highest BCUT2D eigenvalue weighted by Gasteiger charge is 2.20. The quantitative estimate of drug-likeness (QED) is 0.544. The number of amides is 1. The fourth-order valence-corrected chi connectivity index (χ4v) is 3.41. The molecule has 7 heteroatoms. The largest absolute Gasteiger partial charge is 0.356 e. The van der Waals surface area contributed by atoms with Crippen molar-refractivity contribution in [2.24, 2.45) is 5.73 Å². The summed E-state index contributed by atoms with van der Waals surface area (Å²) >= 11 is 0. The molecule has 152 valence electrons. The van der Waals surface area contributed by atoms with E-state index in [1.807, 2.05) is 48.5 Å². The SMILES string of the molecule is CN(C)C(=O)c1ccc(F)c(CC(N)c2ccccc2-c2noc3ccccc23)n1. The minimum Gasteiger partial charge on any atom is -0.356 e. The van der Waals surface area contributed by atoms with Gasteiger partial charge in [0.15, 0.2) is 5.58 Å². The zero-order valence-corrected chi connectivity index (χ0v) is 16.7. The number of nitrogens with zero attached hydrogens (tertiary/aromatic N) is 3. The number of pyridine rings is 1. The van der Waals surface area contributed by atoms with E-state index in [4.69, 9.17) is 10.3 Å². The molecule has 2 aromatic heterocycles. The van der Waals surface area contributed by atoms with E-state index >= 15 is 0 Å². The average Bonchev–Trinajstić information content (AvgIpc) is 3.18. The molecule has 2 aromatic carbocycles. The molecule has 2 N–H and O–H groups in total. The first-order chi connectivity index (χ1) is 14.5. The standard InChI is InChI=1S/C23H21FN4O2/c1-28(2)23(29)19-12-11-17(24)20(26-19)13-18(25)14-7-3-4-8-15(14)22-16-9-5-6-10-21(16)30-27-22/h3-12,18H,13,25H2,1-2H3. The number of rotatable bonds is 5. The van der Waals surface area contributed by atoms with Crippen molar-refractivity contribution < 1.29 is 13.7 Å². The number of halogens is 1. The summed E-state index contributed by atoms with van der Waals surface area (Å²) in [7, 11) is 3.24. The normalized spacial score (nSPS) is 12.1. The fraction of sp³-hybridized carbons (Fsp3) is 0.174. The molecule has 2 heterocycles. The first-order valence-electron chi connectivity index (χ1n) is 9.52. The molecule has 4 rings (SSSR count). The van der Waals surface area contributed by atoms with Crippen molar-refractivity contribution in [3.05, 3.63) is 83.4 Å². The molecule has 30 heavy (non-hydrogen) atoms. The fourth-order valence-electron chi connectivity index (χ4n) is 3.41. The average molecular weight is 404 g/mol. The highest BCUT2D eigenvalue weighted by molar-refractivity contribution is 5.92. The number of benzene rings is 2. The summed E-state index contributed by atoms with van der Waals surface area (Å²) in [5, 5.41) is 5.09. The maximum absolute atomic E-state index is 14.4. The second kappa shape index (κ2) is 8.04. The molecule has 0 aliphatic carbocycles. The van der Waals surface area contributed by atoms with Crippen LogP contribution in [0.25, 0.3) is 22.2 Å². The maximum Gasteiger partial charge on any atom is 0.271 e. The Morgan fingerprint density at radius 2 is 1.83 bits per heavy atom. The van der Waals surface area contributed by atoms with Gasteiger partial charge in [-0.15, -0.1) is 0 Å². The summed E-state index contributed by atoms with van der Waals surface area (Å²) in [6.45, 7) is 0. The van der Waals surface area contributed by atoms with Gasteiger partial charge in [0.2, 0.25) is 0 Å². The molecule has 0 saturated heterocycles. The van der Waals surface area contributed by atoms with Gasteiger partial charge in [-0.1, -0.05) is 41.6 Å². The van der Waals surface area contributed by atoms with Crippen LogP contribution >= 0.6 is 0 Å². The summed E-state index contributed by atoms with van der Waals surface area (Å²) in [6.07, 6.45) is 0.132. The Morgan fingerprint density at radius 1 is 1.10 bits per heavy atom. The smallest absolute Gasteiger partial charge is 0.271 e. The van der Waals surface area contributed by atoms with Gasteiger partial charge in [0, 0.05) is 37.5 Å². The minimum absolute atomic E-state index is 0.132. The zero-order valence-electron chi connectivity index (χ0n) is 16.7. The molecule has 1 unspecified atom stereocenters. The summed E-state index contributed by atoms with van der Waals surface area (Å²) in [6, 6.07) is 17.2. The molecule has 0 spiro atoms. The van der Waals surface area contributed by atoms with E-state index in [1.54, 1.807) is 14.1 Å². The van der Waals surface area contributed by atoms with Crippen LogP contribution in [0.2, 0.25) is 0 Å². The van der Waals surface area contributed by atoms with Crippen molar-refractivity contribution >= 4 is 16.9 Å². The van der Waals surface area contributed by atoms with Crippen molar-refractivity contribution in [2.45, 2.75) is 12.5 Å². The van der Waals surface area contributed by atoms with Crippen LogP contribution in [-0.2, 0) is 6.42 Å². The lowest BCUT2D eigenvalue weighted by Gasteiger charge is -2.17. The predicted octanol–water partition coefficient (Wildman–Crippen LogP) is 3.97. The second-order valence-corrected chi connectivity index (χ2v) is 7.25. The molecular formula is C23H21FN4O2. The number of carbonyl (C=O) groups excluding carboxylic acids is 1. The Kier molecular flexibility index (Phi) is 5.29. The van der Waals surface area contributed by atoms with Crippen LogP contribution in [0.15, 0.2) is 65.2 Å². The Morgan fingerprint density at radius 3 is 2.63 bits per heavy atom. The molecule has 0 radical (unpaired) electrons. The van der Waals surface area contributed by atoms with Crippen LogP contribution in [0, 0.1) is 5.82 Å². The number of aromatic nitrogens is 2. The first kappa shape index (κ1) is 19.7. The van der Waals surface area contributed by atoms with E-state index in [-0.39, 0.29) is 23.7 Å². The van der Waals surface area contributed by atoms with Crippen molar-refractivity contribution in [2.75, 3.05) is 14.1 Å².